The number of sulfonamides is 1. The second-order valence-electron chi connectivity index (χ2n) is 4.15. The zero-order chi connectivity index (χ0) is 12.6. The third-order valence-corrected chi connectivity index (χ3v) is 5.17. The Morgan fingerprint density at radius 2 is 2.18 bits per heavy atom. The molecule has 0 saturated carbocycles. The van der Waals surface area contributed by atoms with Crippen molar-refractivity contribution < 1.29 is 13.2 Å². The van der Waals surface area contributed by atoms with Crippen LogP contribution in [0.15, 0.2) is 27.6 Å². The molecule has 17 heavy (non-hydrogen) atoms. The topological polar surface area (TPSA) is 49.9 Å². The summed E-state index contributed by atoms with van der Waals surface area (Å²) in [6.45, 7) is 2.86. The molecule has 0 aromatic heterocycles. The molecule has 2 rings (SSSR count). The molecule has 1 atom stereocenters. The number of benzene rings is 1. The van der Waals surface area contributed by atoms with E-state index in [4.69, 9.17) is 4.74 Å². The summed E-state index contributed by atoms with van der Waals surface area (Å²) in [5, 5.41) is 0. The molecule has 1 heterocycles. The van der Waals surface area contributed by atoms with Gasteiger partial charge in [0, 0.05) is 18.1 Å². The maximum atomic E-state index is 12.3. The monoisotopic (exact) mass is 319 g/mol. The molecule has 1 aromatic carbocycles. The van der Waals surface area contributed by atoms with E-state index in [1.165, 1.54) is 4.31 Å². The number of hydrogen-bond donors (Lipinski definition) is 0. The van der Waals surface area contributed by atoms with Crippen LogP contribution in [0, 0.1) is 6.92 Å². The van der Waals surface area contributed by atoms with Crippen molar-refractivity contribution in [3.8, 4) is 0 Å². The molecule has 1 aliphatic heterocycles. The van der Waals surface area contributed by atoms with E-state index in [9.17, 15) is 8.42 Å². The molecular weight excluding hydrogens is 306 g/mol. The van der Waals surface area contributed by atoms with Crippen LogP contribution >= 0.6 is 15.9 Å². The Hall–Kier alpha value is -0.430. The van der Waals surface area contributed by atoms with Crippen molar-refractivity contribution in [2.24, 2.45) is 0 Å². The van der Waals surface area contributed by atoms with Crippen LogP contribution in [0.4, 0.5) is 0 Å². The average molecular weight is 320 g/mol. The van der Waals surface area contributed by atoms with Gasteiger partial charge in [-0.1, -0.05) is 15.9 Å². The molecule has 1 saturated heterocycles. The summed E-state index contributed by atoms with van der Waals surface area (Å²) in [5.74, 6) is 0. The van der Waals surface area contributed by atoms with Crippen LogP contribution in [-0.4, -0.2) is 39.0 Å². The highest BCUT2D eigenvalue weighted by Crippen LogP contribution is 2.23. The van der Waals surface area contributed by atoms with Gasteiger partial charge in [0.25, 0.3) is 0 Å². The van der Waals surface area contributed by atoms with E-state index < -0.39 is 10.0 Å². The third kappa shape index (κ3) is 2.88. The molecule has 0 spiro atoms. The first-order chi connectivity index (χ1) is 7.91. The fourth-order valence-electron chi connectivity index (χ4n) is 1.63. The zero-order valence-electron chi connectivity index (χ0n) is 9.68. The highest BCUT2D eigenvalue weighted by atomic mass is 79.9. The zero-order valence-corrected chi connectivity index (χ0v) is 12.1. The summed E-state index contributed by atoms with van der Waals surface area (Å²) in [6, 6.07) is 5.16. The highest BCUT2D eigenvalue weighted by Gasteiger charge is 2.30. The molecule has 0 amide bonds. The minimum Gasteiger partial charge on any atom is -0.372 e. The van der Waals surface area contributed by atoms with Crippen molar-refractivity contribution in [1.82, 2.24) is 4.31 Å². The van der Waals surface area contributed by atoms with E-state index in [0.717, 1.165) is 10.0 Å². The first kappa shape index (κ1) is 13.0. The number of epoxide rings is 1. The molecule has 0 radical (unpaired) electrons. The van der Waals surface area contributed by atoms with E-state index in [2.05, 4.69) is 15.9 Å². The van der Waals surface area contributed by atoms with E-state index in [-0.39, 0.29) is 6.10 Å². The smallest absolute Gasteiger partial charge is 0.243 e. The summed E-state index contributed by atoms with van der Waals surface area (Å²) in [4.78, 5) is 0.351. The van der Waals surface area contributed by atoms with Gasteiger partial charge in [0.2, 0.25) is 10.0 Å². The fraction of sp³-hybridized carbons (Fsp3) is 0.455. The molecule has 0 N–H and O–H groups in total. The molecule has 94 valence electrons. The second kappa shape index (κ2) is 4.68. The Labute approximate surface area is 110 Å². The predicted molar refractivity (Wildman–Crippen MR) is 68.4 cm³/mol. The summed E-state index contributed by atoms with van der Waals surface area (Å²) in [7, 11) is -1.83. The van der Waals surface area contributed by atoms with Crippen LogP contribution in [-0.2, 0) is 14.8 Å². The van der Waals surface area contributed by atoms with Crippen LogP contribution in [0.3, 0.4) is 0 Å². The minimum atomic E-state index is -3.41. The van der Waals surface area contributed by atoms with E-state index in [0.29, 0.717) is 18.0 Å². The van der Waals surface area contributed by atoms with Gasteiger partial charge < -0.3 is 4.74 Å². The summed E-state index contributed by atoms with van der Waals surface area (Å²) >= 11 is 3.32. The van der Waals surface area contributed by atoms with Crippen molar-refractivity contribution in [1.29, 1.82) is 0 Å². The highest BCUT2D eigenvalue weighted by molar-refractivity contribution is 9.10. The molecule has 0 aliphatic carbocycles. The molecule has 4 nitrogen and oxygen atoms in total. The second-order valence-corrected chi connectivity index (χ2v) is 7.08. The largest absolute Gasteiger partial charge is 0.372 e. The normalized spacial score (nSPS) is 19.6. The van der Waals surface area contributed by atoms with E-state index in [1.54, 1.807) is 32.2 Å². The van der Waals surface area contributed by atoms with Gasteiger partial charge in [-0.2, -0.15) is 4.31 Å². The SMILES string of the molecule is Cc1cc(Br)ccc1S(=O)(=O)N(C)CC1CO1. The van der Waals surface area contributed by atoms with Gasteiger partial charge in [0.15, 0.2) is 0 Å². The van der Waals surface area contributed by atoms with Crippen LogP contribution < -0.4 is 0 Å². The van der Waals surface area contributed by atoms with Crippen LogP contribution in [0.2, 0.25) is 0 Å². The molecule has 1 fully saturated rings. The van der Waals surface area contributed by atoms with Gasteiger partial charge in [0.05, 0.1) is 17.6 Å². The Bertz CT molecular complexity index is 526. The van der Waals surface area contributed by atoms with Crippen molar-refractivity contribution in [3.63, 3.8) is 0 Å². The van der Waals surface area contributed by atoms with E-state index >= 15 is 0 Å². The lowest BCUT2D eigenvalue weighted by molar-refractivity contribution is 0.359. The number of rotatable bonds is 4. The van der Waals surface area contributed by atoms with Crippen LogP contribution in [0.25, 0.3) is 0 Å². The Kier molecular flexibility index (Phi) is 3.58. The standard InChI is InChI=1S/C11H14BrNO3S/c1-8-5-9(12)3-4-11(8)17(14,15)13(2)6-10-7-16-10/h3-5,10H,6-7H2,1-2H3. The number of nitrogens with zero attached hydrogens (tertiary/aromatic N) is 1. The lowest BCUT2D eigenvalue weighted by Crippen LogP contribution is -2.31. The number of likely N-dealkylation sites (N-methyl/N-ethyl adjacent to an activating group) is 1. The molecular formula is C11H14BrNO3S. The fourth-order valence-corrected chi connectivity index (χ4v) is 3.51. The Morgan fingerprint density at radius 3 is 2.71 bits per heavy atom. The van der Waals surface area contributed by atoms with Gasteiger partial charge in [-0.25, -0.2) is 8.42 Å². The first-order valence-electron chi connectivity index (χ1n) is 5.25. The van der Waals surface area contributed by atoms with Crippen molar-refractivity contribution in [2.75, 3.05) is 20.2 Å². The average Bonchev–Trinajstić information content (AvgIpc) is 3.00. The number of hydrogen-bond acceptors (Lipinski definition) is 3. The van der Waals surface area contributed by atoms with Crippen LogP contribution in [0.1, 0.15) is 5.56 Å². The van der Waals surface area contributed by atoms with Gasteiger partial charge >= 0.3 is 0 Å². The van der Waals surface area contributed by atoms with Crippen molar-refractivity contribution in [2.45, 2.75) is 17.9 Å². The Morgan fingerprint density at radius 1 is 1.53 bits per heavy atom. The maximum Gasteiger partial charge on any atom is 0.243 e. The summed E-state index contributed by atoms with van der Waals surface area (Å²) < 4.78 is 31.8. The molecule has 6 heteroatoms. The number of halogens is 1. The first-order valence-corrected chi connectivity index (χ1v) is 7.48. The van der Waals surface area contributed by atoms with Crippen molar-refractivity contribution >= 4 is 26.0 Å². The third-order valence-electron chi connectivity index (χ3n) is 2.69. The lowest BCUT2D eigenvalue weighted by atomic mass is 10.2. The minimum absolute atomic E-state index is 0.0607. The number of ether oxygens (including phenoxy) is 1. The van der Waals surface area contributed by atoms with E-state index in [1.807, 2.05) is 0 Å². The lowest BCUT2D eigenvalue weighted by Gasteiger charge is -2.17. The van der Waals surface area contributed by atoms with Crippen LogP contribution in [0.5, 0.6) is 0 Å². The maximum absolute atomic E-state index is 12.3. The molecule has 0 bridgehead atoms. The molecule has 1 aromatic rings. The number of aryl methyl sites for hydroxylation is 1. The van der Waals surface area contributed by atoms with Gasteiger partial charge in [0.1, 0.15) is 0 Å². The summed E-state index contributed by atoms with van der Waals surface area (Å²) in [5.41, 5.74) is 0.739. The Balaban J connectivity index is 2.29. The van der Waals surface area contributed by atoms with Gasteiger partial charge in [-0.05, 0) is 30.7 Å². The van der Waals surface area contributed by atoms with Crippen molar-refractivity contribution in [3.05, 3.63) is 28.2 Å². The molecule has 1 aliphatic rings. The van der Waals surface area contributed by atoms with Gasteiger partial charge in [-0.15, -0.1) is 0 Å². The van der Waals surface area contributed by atoms with Gasteiger partial charge in [-0.3, -0.25) is 0 Å². The quantitative estimate of drug-likeness (QED) is 0.795. The summed E-state index contributed by atoms with van der Waals surface area (Å²) in [6.07, 6.45) is 0.0607. The molecule has 1 unspecified atom stereocenters. The predicted octanol–water partition coefficient (Wildman–Crippen LogP) is 1.78.